The number of sulfonamides is 1. The van der Waals surface area contributed by atoms with Gasteiger partial charge in [-0.3, -0.25) is 0 Å². The van der Waals surface area contributed by atoms with Crippen LogP contribution in [0.25, 0.3) is 0 Å². The summed E-state index contributed by atoms with van der Waals surface area (Å²) in [6.45, 7) is 0. The summed E-state index contributed by atoms with van der Waals surface area (Å²) in [5.41, 5.74) is 7.95. The number of rotatable bonds is 7. The molecule has 0 amide bonds. The summed E-state index contributed by atoms with van der Waals surface area (Å²) < 4.78 is 28.5. The number of hydrogen-bond acceptors (Lipinski definition) is 4. The summed E-state index contributed by atoms with van der Waals surface area (Å²) in [7, 11) is -3.93. The first-order chi connectivity index (χ1) is 13.4. The van der Waals surface area contributed by atoms with E-state index in [9.17, 15) is 13.2 Å². The third kappa shape index (κ3) is 4.45. The molecule has 144 valence electrons. The van der Waals surface area contributed by atoms with Gasteiger partial charge < -0.3 is 10.8 Å². The molecule has 0 heterocycles. The minimum absolute atomic E-state index is 0.0135. The third-order valence-electron chi connectivity index (χ3n) is 4.40. The Morgan fingerprint density at radius 3 is 1.82 bits per heavy atom. The third-order valence-corrected chi connectivity index (χ3v) is 5.85. The van der Waals surface area contributed by atoms with Gasteiger partial charge in [0.05, 0.1) is 22.5 Å². The highest BCUT2D eigenvalue weighted by Crippen LogP contribution is 2.28. The molecular weight excluding hydrogens is 376 g/mol. The Kier molecular flexibility index (Phi) is 5.89. The molecule has 28 heavy (non-hydrogen) atoms. The van der Waals surface area contributed by atoms with Crippen molar-refractivity contribution in [3.8, 4) is 0 Å². The molecule has 0 aliphatic heterocycles. The van der Waals surface area contributed by atoms with Gasteiger partial charge in [0.2, 0.25) is 10.0 Å². The van der Waals surface area contributed by atoms with Crippen LogP contribution in [0.4, 0.5) is 0 Å². The van der Waals surface area contributed by atoms with E-state index in [0.717, 1.165) is 11.1 Å². The lowest BCUT2D eigenvalue weighted by Gasteiger charge is -2.26. The molecule has 0 aliphatic rings. The van der Waals surface area contributed by atoms with Crippen LogP contribution < -0.4 is 10.5 Å². The Balaban J connectivity index is 1.95. The first-order valence-electron chi connectivity index (χ1n) is 8.59. The number of carboxylic acid groups (broad SMARTS) is 1. The van der Waals surface area contributed by atoms with E-state index in [4.69, 9.17) is 10.8 Å². The largest absolute Gasteiger partial charge is 0.478 e. The molecule has 0 fully saturated rings. The van der Waals surface area contributed by atoms with Gasteiger partial charge in [-0.1, -0.05) is 60.7 Å². The maximum Gasteiger partial charge on any atom is 0.335 e. The van der Waals surface area contributed by atoms with Gasteiger partial charge in [-0.25, -0.2) is 17.9 Å². The molecule has 4 N–H and O–H groups in total. The van der Waals surface area contributed by atoms with Crippen molar-refractivity contribution in [1.29, 1.82) is 0 Å². The number of hydrogen-bond donors (Lipinski definition) is 3. The highest BCUT2D eigenvalue weighted by molar-refractivity contribution is 7.89. The van der Waals surface area contributed by atoms with Crippen molar-refractivity contribution in [3.05, 3.63) is 102 Å². The molecule has 3 rings (SSSR count). The molecule has 0 bridgehead atoms. The average molecular weight is 396 g/mol. The second-order valence-electron chi connectivity index (χ2n) is 6.28. The molecule has 3 aromatic rings. The van der Waals surface area contributed by atoms with Gasteiger partial charge >= 0.3 is 5.97 Å². The normalized spacial score (nSPS) is 13.6. The van der Waals surface area contributed by atoms with Gasteiger partial charge in [-0.05, 0) is 35.4 Å². The van der Waals surface area contributed by atoms with Crippen LogP contribution >= 0.6 is 0 Å². The Bertz CT molecular complexity index is 1040. The first kappa shape index (κ1) is 19.8. The predicted octanol–water partition coefficient (Wildman–Crippen LogP) is 3.10. The maximum atomic E-state index is 12.9. The van der Waals surface area contributed by atoms with E-state index in [1.54, 1.807) is 0 Å². The van der Waals surface area contributed by atoms with Gasteiger partial charge in [0.1, 0.15) is 0 Å². The van der Waals surface area contributed by atoms with Crippen LogP contribution in [0.15, 0.2) is 89.8 Å². The second kappa shape index (κ2) is 8.35. The van der Waals surface area contributed by atoms with Gasteiger partial charge in [0.25, 0.3) is 0 Å². The Labute approximate surface area is 163 Å². The maximum absolute atomic E-state index is 12.9. The van der Waals surface area contributed by atoms with E-state index >= 15 is 0 Å². The van der Waals surface area contributed by atoms with Crippen LogP contribution in [0, 0.1) is 0 Å². The Morgan fingerprint density at radius 1 is 0.821 bits per heavy atom. The lowest BCUT2D eigenvalue weighted by atomic mass is 9.95. The van der Waals surface area contributed by atoms with E-state index in [-0.39, 0.29) is 10.5 Å². The van der Waals surface area contributed by atoms with Crippen molar-refractivity contribution in [1.82, 2.24) is 4.72 Å². The number of nitrogens with two attached hydrogens (primary N) is 1. The van der Waals surface area contributed by atoms with Crippen LogP contribution in [0.5, 0.6) is 0 Å². The van der Waals surface area contributed by atoms with Crippen LogP contribution in [-0.4, -0.2) is 19.5 Å². The van der Waals surface area contributed by atoms with Crippen molar-refractivity contribution in [2.45, 2.75) is 17.0 Å². The number of carbonyl (C=O) groups is 1. The zero-order chi connectivity index (χ0) is 20.1. The Morgan fingerprint density at radius 2 is 1.32 bits per heavy atom. The summed E-state index contributed by atoms with van der Waals surface area (Å²) in [6, 6.07) is 22.1. The first-order valence-corrected chi connectivity index (χ1v) is 10.1. The highest BCUT2D eigenvalue weighted by atomic mass is 32.2. The molecule has 6 nitrogen and oxygen atoms in total. The van der Waals surface area contributed by atoms with Gasteiger partial charge in [-0.2, -0.15) is 0 Å². The molecule has 0 aliphatic carbocycles. The molecule has 0 spiro atoms. The van der Waals surface area contributed by atoms with E-state index in [1.165, 1.54) is 24.3 Å². The van der Waals surface area contributed by atoms with Crippen molar-refractivity contribution < 1.29 is 18.3 Å². The van der Waals surface area contributed by atoms with Crippen LogP contribution in [0.1, 0.15) is 33.6 Å². The fourth-order valence-corrected chi connectivity index (χ4v) is 4.14. The zero-order valence-electron chi connectivity index (χ0n) is 14.9. The van der Waals surface area contributed by atoms with Crippen LogP contribution in [0.3, 0.4) is 0 Å². The summed E-state index contributed by atoms with van der Waals surface area (Å²) in [6.07, 6.45) is 0. The highest BCUT2D eigenvalue weighted by Gasteiger charge is 2.27. The second-order valence-corrected chi connectivity index (χ2v) is 7.99. The van der Waals surface area contributed by atoms with Gasteiger partial charge in [0.15, 0.2) is 0 Å². The minimum Gasteiger partial charge on any atom is -0.478 e. The number of nitrogens with one attached hydrogen (secondary N) is 1. The quantitative estimate of drug-likeness (QED) is 0.568. The summed E-state index contributed by atoms with van der Waals surface area (Å²) in [5, 5.41) is 8.99. The van der Waals surface area contributed by atoms with E-state index in [2.05, 4.69) is 4.72 Å². The molecule has 0 radical (unpaired) electrons. The smallest absolute Gasteiger partial charge is 0.335 e. The van der Waals surface area contributed by atoms with Gasteiger partial charge in [0, 0.05) is 0 Å². The lowest BCUT2D eigenvalue weighted by Crippen LogP contribution is -2.36. The molecule has 0 unspecified atom stereocenters. The van der Waals surface area contributed by atoms with Crippen molar-refractivity contribution in [3.63, 3.8) is 0 Å². The zero-order valence-corrected chi connectivity index (χ0v) is 15.7. The molecule has 2 atom stereocenters. The number of carboxylic acids is 1. The van der Waals surface area contributed by atoms with Crippen molar-refractivity contribution in [2.75, 3.05) is 0 Å². The number of benzene rings is 3. The molecule has 0 saturated heterocycles. The fraction of sp³-hybridized carbons (Fsp3) is 0.0952. The summed E-state index contributed by atoms with van der Waals surface area (Å²) in [5.74, 6) is -1.12. The van der Waals surface area contributed by atoms with Crippen LogP contribution in [0.2, 0.25) is 0 Å². The van der Waals surface area contributed by atoms with E-state index < -0.39 is 28.1 Å². The Hall–Kier alpha value is -3.00. The average Bonchev–Trinajstić information content (AvgIpc) is 2.73. The van der Waals surface area contributed by atoms with Crippen molar-refractivity contribution >= 4 is 16.0 Å². The fourth-order valence-electron chi connectivity index (χ4n) is 2.89. The molecule has 7 heteroatoms. The molecule has 0 saturated carbocycles. The monoisotopic (exact) mass is 396 g/mol. The lowest BCUT2D eigenvalue weighted by molar-refractivity contribution is 0.0696. The molecule has 0 aromatic heterocycles. The van der Waals surface area contributed by atoms with E-state index in [1.807, 2.05) is 60.7 Å². The standard InChI is InChI=1S/C21H20N2O4S/c22-19(15-7-3-1-4-8-15)20(16-9-5-2-6-10-16)23-28(26,27)18-13-11-17(12-14-18)21(24)25/h1-14,19-20,23H,22H2,(H,24,25)/t19-,20-/m0/s1. The molecular formula is C21H20N2O4S. The molecule has 3 aromatic carbocycles. The SMILES string of the molecule is N[C@@H](c1ccccc1)[C@@H](NS(=O)(=O)c1ccc(C(=O)O)cc1)c1ccccc1. The number of aromatic carboxylic acids is 1. The van der Waals surface area contributed by atoms with Crippen molar-refractivity contribution in [2.24, 2.45) is 5.73 Å². The topological polar surface area (TPSA) is 109 Å². The summed E-state index contributed by atoms with van der Waals surface area (Å²) in [4.78, 5) is 11.0. The van der Waals surface area contributed by atoms with Crippen LogP contribution in [-0.2, 0) is 10.0 Å². The minimum atomic E-state index is -3.93. The van der Waals surface area contributed by atoms with Gasteiger partial charge in [-0.15, -0.1) is 0 Å². The predicted molar refractivity (Wildman–Crippen MR) is 106 cm³/mol. The van der Waals surface area contributed by atoms with E-state index in [0.29, 0.717) is 0 Å². The summed E-state index contributed by atoms with van der Waals surface area (Å²) >= 11 is 0.